The van der Waals surface area contributed by atoms with E-state index in [4.69, 9.17) is 9.73 Å². The zero-order valence-electron chi connectivity index (χ0n) is 20.1. The van der Waals surface area contributed by atoms with Gasteiger partial charge in [0.2, 0.25) is 5.90 Å². The molecule has 8 atom stereocenters. The smallest absolute Gasteiger partial charge is 0.216 e. The third-order valence-corrected chi connectivity index (χ3v) is 11.2. The molecule has 1 aliphatic heterocycles. The van der Waals surface area contributed by atoms with Crippen molar-refractivity contribution in [2.24, 2.45) is 39.5 Å². The Balaban J connectivity index is 1.26. The monoisotopic (exact) mass is 511 g/mol. The summed E-state index contributed by atoms with van der Waals surface area (Å²) in [5.74, 6) is 3.95. The van der Waals surface area contributed by atoms with Gasteiger partial charge in [-0.05, 0) is 110 Å². The van der Waals surface area contributed by atoms with Gasteiger partial charge in [-0.15, -0.1) is 0 Å². The number of fused-ring (bicyclic) bond motifs is 5. The normalized spacial score (nSPS) is 44.6. The van der Waals surface area contributed by atoms with Crippen molar-refractivity contribution in [2.45, 2.75) is 83.8 Å². The van der Waals surface area contributed by atoms with E-state index >= 15 is 0 Å². The highest BCUT2D eigenvalue weighted by Gasteiger charge is 2.59. The van der Waals surface area contributed by atoms with Crippen molar-refractivity contribution in [3.63, 3.8) is 0 Å². The Morgan fingerprint density at radius 3 is 2.58 bits per heavy atom. The summed E-state index contributed by atoms with van der Waals surface area (Å²) in [7, 11) is 0. The van der Waals surface area contributed by atoms with Crippen LogP contribution in [0.5, 0.6) is 0 Å². The summed E-state index contributed by atoms with van der Waals surface area (Å²) in [4.78, 5) is 5.23. The van der Waals surface area contributed by atoms with Crippen molar-refractivity contribution in [3.8, 4) is 0 Å². The van der Waals surface area contributed by atoms with Gasteiger partial charge in [-0.3, -0.25) is 0 Å². The Labute approximate surface area is 207 Å². The van der Waals surface area contributed by atoms with Gasteiger partial charge >= 0.3 is 0 Å². The van der Waals surface area contributed by atoms with E-state index in [1.807, 2.05) is 0 Å². The standard InChI is InChI=1S/C29H38BrNO2/c1-28-14-11-21(32)17-19(28)5-8-22-23-9-10-25(29(23,2)15-12-24(22)28)26-13-16-33-27(31-26)18-3-6-20(30)7-4-18/h3-7,21-26,32H,8-17H2,1-2H3/t21-,22-,23-,24-,25+,26-,28-,29-/m0/s1. The maximum atomic E-state index is 10.3. The first-order chi connectivity index (χ1) is 15.9. The van der Waals surface area contributed by atoms with Gasteiger partial charge in [0, 0.05) is 16.5 Å². The van der Waals surface area contributed by atoms with Crippen LogP contribution in [0.2, 0.25) is 0 Å². The number of hydrogen-bond donors (Lipinski definition) is 1. The number of halogens is 1. The van der Waals surface area contributed by atoms with Crippen LogP contribution in [0.15, 0.2) is 45.4 Å². The molecule has 1 N–H and O–H groups in total. The first-order valence-corrected chi connectivity index (χ1v) is 14.0. The van der Waals surface area contributed by atoms with Gasteiger partial charge in [0.1, 0.15) is 0 Å². The minimum Gasteiger partial charge on any atom is -0.477 e. The lowest BCUT2D eigenvalue weighted by Gasteiger charge is -2.58. The fourth-order valence-electron chi connectivity index (χ4n) is 8.88. The number of benzene rings is 1. The minimum atomic E-state index is -0.114. The lowest BCUT2D eigenvalue weighted by atomic mass is 9.47. The second-order valence-corrected chi connectivity index (χ2v) is 12.9. The molecule has 0 unspecified atom stereocenters. The van der Waals surface area contributed by atoms with E-state index in [0.29, 0.717) is 22.8 Å². The van der Waals surface area contributed by atoms with E-state index in [-0.39, 0.29) is 6.10 Å². The highest BCUT2D eigenvalue weighted by molar-refractivity contribution is 9.10. The first kappa shape index (κ1) is 22.3. The Kier molecular flexibility index (Phi) is 5.57. The Morgan fingerprint density at radius 1 is 0.970 bits per heavy atom. The molecule has 1 heterocycles. The fourth-order valence-corrected chi connectivity index (χ4v) is 9.15. The summed E-state index contributed by atoms with van der Waals surface area (Å²) >= 11 is 3.54. The van der Waals surface area contributed by atoms with Crippen LogP contribution in [0.4, 0.5) is 0 Å². The molecule has 3 saturated carbocycles. The molecule has 0 amide bonds. The van der Waals surface area contributed by atoms with Gasteiger partial charge < -0.3 is 9.84 Å². The second kappa shape index (κ2) is 8.22. The van der Waals surface area contributed by atoms with Crippen LogP contribution in [0, 0.1) is 34.5 Å². The second-order valence-electron chi connectivity index (χ2n) is 12.0. The van der Waals surface area contributed by atoms with Gasteiger partial charge in [-0.2, -0.15) is 0 Å². The molecule has 1 aromatic rings. The number of aliphatic hydroxyl groups is 1. The van der Waals surface area contributed by atoms with Crippen LogP contribution < -0.4 is 0 Å². The number of aliphatic imine (C=N–C) groups is 1. The van der Waals surface area contributed by atoms with Gasteiger partial charge in [-0.25, -0.2) is 4.99 Å². The number of aliphatic hydroxyl groups excluding tert-OH is 1. The molecule has 6 rings (SSSR count). The van der Waals surface area contributed by atoms with E-state index < -0.39 is 0 Å². The quantitative estimate of drug-likeness (QED) is 0.437. The summed E-state index contributed by atoms with van der Waals surface area (Å²) in [6.45, 7) is 5.93. The van der Waals surface area contributed by atoms with Crippen LogP contribution in [0.25, 0.3) is 0 Å². The minimum absolute atomic E-state index is 0.114. The third kappa shape index (κ3) is 3.57. The molecule has 3 fully saturated rings. The molecule has 0 radical (unpaired) electrons. The van der Waals surface area contributed by atoms with Crippen molar-refractivity contribution in [1.29, 1.82) is 0 Å². The van der Waals surface area contributed by atoms with E-state index in [9.17, 15) is 5.11 Å². The molecule has 33 heavy (non-hydrogen) atoms. The molecule has 5 aliphatic rings. The van der Waals surface area contributed by atoms with Crippen LogP contribution in [0.1, 0.15) is 77.2 Å². The molecular formula is C29H38BrNO2. The maximum Gasteiger partial charge on any atom is 0.216 e. The van der Waals surface area contributed by atoms with Crippen molar-refractivity contribution in [2.75, 3.05) is 6.61 Å². The highest BCUT2D eigenvalue weighted by atomic mass is 79.9. The zero-order chi connectivity index (χ0) is 22.8. The van der Waals surface area contributed by atoms with E-state index in [1.54, 1.807) is 5.57 Å². The van der Waals surface area contributed by atoms with E-state index in [0.717, 1.165) is 59.6 Å². The highest BCUT2D eigenvalue weighted by Crippen LogP contribution is 2.67. The molecule has 0 aromatic heterocycles. The summed E-state index contributed by atoms with van der Waals surface area (Å²) in [6.07, 6.45) is 13.2. The fraction of sp³-hybridized carbons (Fsp3) is 0.690. The lowest BCUT2D eigenvalue weighted by Crippen LogP contribution is -2.51. The maximum absolute atomic E-state index is 10.3. The Hall–Kier alpha value is -1.13. The molecule has 178 valence electrons. The predicted octanol–water partition coefficient (Wildman–Crippen LogP) is 6.92. The molecule has 4 heteroatoms. The topological polar surface area (TPSA) is 41.8 Å². The van der Waals surface area contributed by atoms with Gasteiger partial charge in [-0.1, -0.05) is 41.4 Å². The average Bonchev–Trinajstić information content (AvgIpc) is 3.17. The summed E-state index contributed by atoms with van der Waals surface area (Å²) in [5, 5.41) is 10.3. The molecular weight excluding hydrogens is 474 g/mol. The van der Waals surface area contributed by atoms with Crippen molar-refractivity contribution < 1.29 is 9.84 Å². The number of rotatable bonds is 2. The van der Waals surface area contributed by atoms with Gasteiger partial charge in [0.25, 0.3) is 0 Å². The van der Waals surface area contributed by atoms with E-state index in [1.165, 1.54) is 38.5 Å². The number of ether oxygens (including phenoxy) is 1. The largest absolute Gasteiger partial charge is 0.477 e. The predicted molar refractivity (Wildman–Crippen MR) is 136 cm³/mol. The number of allylic oxidation sites excluding steroid dienone is 1. The average molecular weight is 513 g/mol. The summed E-state index contributed by atoms with van der Waals surface area (Å²) in [5.41, 5.74) is 3.40. The SMILES string of the molecule is C[C@]12CC[C@H]3[C@@H](CC=C4C[C@@H](O)CC[C@@]43C)[C@@H]1CC[C@@H]2[C@@H]1CCOC(c2ccc(Br)cc2)=N1. The van der Waals surface area contributed by atoms with Crippen LogP contribution >= 0.6 is 15.9 Å². The van der Waals surface area contributed by atoms with Crippen LogP contribution in [-0.4, -0.2) is 29.8 Å². The lowest BCUT2D eigenvalue weighted by molar-refractivity contribution is -0.0539. The first-order valence-electron chi connectivity index (χ1n) is 13.2. The zero-order valence-corrected chi connectivity index (χ0v) is 21.7. The molecule has 1 aromatic carbocycles. The van der Waals surface area contributed by atoms with Gasteiger partial charge in [0.15, 0.2) is 0 Å². The Bertz CT molecular complexity index is 970. The van der Waals surface area contributed by atoms with Crippen LogP contribution in [0.3, 0.4) is 0 Å². The van der Waals surface area contributed by atoms with E-state index in [2.05, 4.69) is 60.1 Å². The number of hydrogen-bond acceptors (Lipinski definition) is 3. The molecule has 0 spiro atoms. The van der Waals surface area contributed by atoms with Crippen molar-refractivity contribution in [1.82, 2.24) is 0 Å². The summed E-state index contributed by atoms with van der Waals surface area (Å²) in [6, 6.07) is 8.77. The molecule has 0 saturated heterocycles. The summed E-state index contributed by atoms with van der Waals surface area (Å²) < 4.78 is 7.13. The Morgan fingerprint density at radius 2 is 1.76 bits per heavy atom. The van der Waals surface area contributed by atoms with Gasteiger partial charge in [0.05, 0.1) is 18.8 Å². The molecule has 3 nitrogen and oxygen atoms in total. The number of nitrogens with zero attached hydrogens (tertiary/aromatic N) is 1. The molecule has 4 aliphatic carbocycles. The third-order valence-electron chi connectivity index (χ3n) is 10.6. The molecule has 0 bridgehead atoms. The van der Waals surface area contributed by atoms with Crippen LogP contribution in [-0.2, 0) is 4.74 Å². The van der Waals surface area contributed by atoms with Crippen molar-refractivity contribution >= 4 is 21.8 Å². The van der Waals surface area contributed by atoms with Crippen molar-refractivity contribution in [3.05, 3.63) is 46.0 Å².